The molecular formula is C21H24FNO. The number of piperidine rings is 1. The molecule has 1 saturated heterocycles. The van der Waals surface area contributed by atoms with Crippen LogP contribution in [0.15, 0.2) is 48.5 Å². The fourth-order valence-corrected chi connectivity index (χ4v) is 4.06. The topological polar surface area (TPSA) is 12.5 Å². The second kappa shape index (κ2) is 6.94. The Morgan fingerprint density at radius 3 is 2.50 bits per heavy atom. The van der Waals surface area contributed by atoms with Crippen molar-refractivity contribution in [1.82, 2.24) is 4.90 Å². The first-order valence-electron chi connectivity index (χ1n) is 9.00. The van der Waals surface area contributed by atoms with Gasteiger partial charge in [-0.25, -0.2) is 4.39 Å². The molecule has 3 heteroatoms. The van der Waals surface area contributed by atoms with E-state index in [1.165, 1.54) is 37.1 Å². The molecule has 2 aromatic rings. The van der Waals surface area contributed by atoms with Crippen molar-refractivity contribution in [1.29, 1.82) is 0 Å². The number of rotatable bonds is 4. The Morgan fingerprint density at radius 2 is 1.71 bits per heavy atom. The summed E-state index contributed by atoms with van der Waals surface area (Å²) in [5.41, 5.74) is 3.10. The van der Waals surface area contributed by atoms with Gasteiger partial charge < -0.3 is 9.64 Å². The van der Waals surface area contributed by atoms with Crippen LogP contribution in [0.25, 0.3) is 0 Å². The number of ether oxygens (including phenoxy) is 1. The summed E-state index contributed by atoms with van der Waals surface area (Å²) < 4.78 is 18.9. The Kier molecular flexibility index (Phi) is 4.52. The lowest BCUT2D eigenvalue weighted by molar-refractivity contribution is 0.0969. The van der Waals surface area contributed by atoms with Crippen LogP contribution in [0.3, 0.4) is 0 Å². The minimum Gasteiger partial charge on any atom is -0.490 e. The van der Waals surface area contributed by atoms with Crippen LogP contribution in [-0.4, -0.2) is 30.6 Å². The first kappa shape index (κ1) is 15.6. The Bertz CT molecular complexity index is 676. The van der Waals surface area contributed by atoms with Crippen molar-refractivity contribution in [3.63, 3.8) is 0 Å². The maximum Gasteiger partial charge on any atom is 0.123 e. The first-order valence-corrected chi connectivity index (χ1v) is 9.00. The maximum absolute atomic E-state index is 13.0. The van der Waals surface area contributed by atoms with E-state index in [-0.39, 0.29) is 11.9 Å². The summed E-state index contributed by atoms with van der Waals surface area (Å²) in [7, 11) is 0. The predicted molar refractivity (Wildman–Crippen MR) is 94.0 cm³/mol. The van der Waals surface area contributed by atoms with Crippen molar-refractivity contribution in [3.8, 4) is 5.75 Å². The summed E-state index contributed by atoms with van der Waals surface area (Å²) in [5.74, 6) is 1.25. The number of benzene rings is 2. The molecule has 0 N–H and O–H groups in total. The highest BCUT2D eigenvalue weighted by molar-refractivity contribution is 5.35. The van der Waals surface area contributed by atoms with Gasteiger partial charge in [0.25, 0.3) is 0 Å². The van der Waals surface area contributed by atoms with Crippen LogP contribution < -0.4 is 4.74 Å². The van der Waals surface area contributed by atoms with Crippen LogP contribution in [0.4, 0.5) is 4.39 Å². The van der Waals surface area contributed by atoms with Crippen LogP contribution in [0, 0.1) is 5.82 Å². The van der Waals surface area contributed by atoms with Crippen LogP contribution in [0.5, 0.6) is 5.75 Å². The summed E-state index contributed by atoms with van der Waals surface area (Å²) in [6.07, 6.45) is 4.86. The molecule has 0 bridgehead atoms. The quantitative estimate of drug-likeness (QED) is 0.826. The number of halogens is 1. The van der Waals surface area contributed by atoms with Crippen molar-refractivity contribution in [2.75, 3.05) is 19.6 Å². The molecule has 1 aliphatic heterocycles. The number of likely N-dealkylation sites (tertiary alicyclic amines) is 1. The van der Waals surface area contributed by atoms with Gasteiger partial charge in [0.1, 0.15) is 17.7 Å². The molecular weight excluding hydrogens is 301 g/mol. The van der Waals surface area contributed by atoms with Crippen molar-refractivity contribution in [2.45, 2.75) is 37.7 Å². The molecule has 24 heavy (non-hydrogen) atoms. The van der Waals surface area contributed by atoms with Crippen LogP contribution in [0.1, 0.15) is 36.3 Å². The third kappa shape index (κ3) is 3.46. The summed E-state index contributed by atoms with van der Waals surface area (Å²) in [6.45, 7) is 3.34. The molecule has 2 aliphatic rings. The molecule has 1 unspecified atom stereocenters. The lowest BCUT2D eigenvalue weighted by Gasteiger charge is -2.33. The van der Waals surface area contributed by atoms with E-state index < -0.39 is 0 Å². The molecule has 0 radical (unpaired) electrons. The molecule has 2 aromatic carbocycles. The molecule has 0 amide bonds. The molecule has 0 spiro atoms. The molecule has 1 heterocycles. The summed E-state index contributed by atoms with van der Waals surface area (Å²) in [4.78, 5) is 2.58. The fraction of sp³-hybridized carbons (Fsp3) is 0.429. The van der Waals surface area contributed by atoms with Gasteiger partial charge in [-0.3, -0.25) is 0 Å². The van der Waals surface area contributed by atoms with Crippen LogP contribution >= 0.6 is 0 Å². The second-order valence-electron chi connectivity index (χ2n) is 7.01. The predicted octanol–water partition coefficient (Wildman–Crippen LogP) is 4.40. The number of hydrogen-bond donors (Lipinski definition) is 0. The number of hydrogen-bond acceptors (Lipinski definition) is 2. The lowest BCUT2D eigenvalue weighted by Crippen LogP contribution is -2.40. The molecule has 2 nitrogen and oxygen atoms in total. The zero-order valence-corrected chi connectivity index (χ0v) is 14.0. The van der Waals surface area contributed by atoms with Crippen molar-refractivity contribution < 1.29 is 9.13 Å². The number of aryl methyl sites for hydroxylation is 1. The molecule has 4 rings (SSSR count). The second-order valence-corrected chi connectivity index (χ2v) is 7.01. The Balaban J connectivity index is 1.28. The van der Waals surface area contributed by atoms with Crippen molar-refractivity contribution in [3.05, 3.63) is 65.5 Å². The van der Waals surface area contributed by atoms with E-state index >= 15 is 0 Å². The van der Waals surface area contributed by atoms with Crippen LogP contribution in [-0.2, 0) is 6.42 Å². The standard InChI is InChI=1S/C21H24FNO/c22-18-7-9-19(10-8-18)24-20-11-13-23(14-12-20)15-17-6-5-16-3-1-2-4-21(16)17/h1-4,7-10,17,20H,5-6,11-15H2. The average Bonchev–Trinajstić information content (AvgIpc) is 3.02. The fourth-order valence-electron chi connectivity index (χ4n) is 4.06. The Hall–Kier alpha value is -1.87. The van der Waals surface area contributed by atoms with Gasteiger partial charge in [-0.15, -0.1) is 0 Å². The molecule has 1 atom stereocenters. The van der Waals surface area contributed by atoms with Gasteiger partial charge in [-0.1, -0.05) is 24.3 Å². The minimum atomic E-state index is -0.214. The summed E-state index contributed by atoms with van der Waals surface area (Å²) in [5, 5.41) is 0. The highest BCUT2D eigenvalue weighted by atomic mass is 19.1. The molecule has 1 aliphatic carbocycles. The monoisotopic (exact) mass is 325 g/mol. The zero-order valence-electron chi connectivity index (χ0n) is 14.0. The van der Waals surface area contributed by atoms with E-state index in [9.17, 15) is 4.39 Å². The van der Waals surface area contributed by atoms with Crippen LogP contribution in [0.2, 0.25) is 0 Å². The molecule has 0 aromatic heterocycles. The Labute approximate surface area is 143 Å². The Morgan fingerprint density at radius 1 is 0.958 bits per heavy atom. The zero-order chi connectivity index (χ0) is 16.4. The van der Waals surface area contributed by atoms with Crippen molar-refractivity contribution in [2.24, 2.45) is 0 Å². The molecule has 1 fully saturated rings. The third-order valence-electron chi connectivity index (χ3n) is 5.39. The number of nitrogens with zero attached hydrogens (tertiary/aromatic N) is 1. The van der Waals surface area contributed by atoms with Gasteiger partial charge in [-0.05, 0) is 67.0 Å². The summed E-state index contributed by atoms with van der Waals surface area (Å²) >= 11 is 0. The average molecular weight is 325 g/mol. The van der Waals surface area contributed by atoms with Crippen molar-refractivity contribution >= 4 is 0 Å². The SMILES string of the molecule is Fc1ccc(OC2CCN(CC3CCc4ccccc43)CC2)cc1. The van der Waals surface area contributed by atoms with E-state index in [1.807, 2.05) is 0 Å². The molecule has 126 valence electrons. The van der Waals surface area contributed by atoms with Gasteiger partial charge in [0.2, 0.25) is 0 Å². The highest BCUT2D eigenvalue weighted by Gasteiger charge is 2.27. The van der Waals surface area contributed by atoms with Gasteiger partial charge in [0.05, 0.1) is 0 Å². The van der Waals surface area contributed by atoms with Gasteiger partial charge >= 0.3 is 0 Å². The van der Waals surface area contributed by atoms with Gasteiger partial charge in [0.15, 0.2) is 0 Å². The third-order valence-corrected chi connectivity index (χ3v) is 5.39. The smallest absolute Gasteiger partial charge is 0.123 e. The van der Waals surface area contributed by atoms with E-state index in [0.29, 0.717) is 5.92 Å². The van der Waals surface area contributed by atoms with E-state index in [2.05, 4.69) is 29.2 Å². The summed E-state index contributed by atoms with van der Waals surface area (Å²) in [6, 6.07) is 15.3. The number of fused-ring (bicyclic) bond motifs is 1. The van der Waals surface area contributed by atoms with Gasteiger partial charge in [-0.2, -0.15) is 0 Å². The first-order chi connectivity index (χ1) is 11.8. The normalized spacial score (nSPS) is 21.6. The van der Waals surface area contributed by atoms with Gasteiger partial charge in [0, 0.05) is 19.6 Å². The maximum atomic E-state index is 13.0. The lowest BCUT2D eigenvalue weighted by atomic mass is 9.99. The largest absolute Gasteiger partial charge is 0.490 e. The van der Waals surface area contributed by atoms with E-state index in [4.69, 9.17) is 4.74 Å². The van der Waals surface area contributed by atoms with E-state index in [1.54, 1.807) is 17.7 Å². The molecule has 0 saturated carbocycles. The van der Waals surface area contributed by atoms with E-state index in [0.717, 1.165) is 31.7 Å². The minimum absolute atomic E-state index is 0.214. The highest BCUT2D eigenvalue weighted by Crippen LogP contribution is 2.34.